The summed E-state index contributed by atoms with van der Waals surface area (Å²) in [5.74, 6) is -0.750. The number of carbonyl (C=O) groups is 1. The van der Waals surface area contributed by atoms with Gasteiger partial charge in [0, 0.05) is 24.2 Å². The first-order chi connectivity index (χ1) is 9.99. The number of anilines is 1. The van der Waals surface area contributed by atoms with E-state index in [1.165, 1.54) is 12.1 Å². The molecule has 21 heavy (non-hydrogen) atoms. The molecule has 114 valence electrons. The van der Waals surface area contributed by atoms with Gasteiger partial charge in [-0.05, 0) is 37.3 Å². The van der Waals surface area contributed by atoms with Crippen LogP contribution in [0.15, 0.2) is 24.3 Å². The Kier molecular flexibility index (Phi) is 4.99. The minimum atomic E-state index is -1.02. The summed E-state index contributed by atoms with van der Waals surface area (Å²) in [7, 11) is 0. The van der Waals surface area contributed by atoms with Crippen LogP contribution in [0.25, 0.3) is 6.08 Å². The highest BCUT2D eigenvalue weighted by molar-refractivity contribution is 5.87. The molecular formula is C17H22FNO2. The van der Waals surface area contributed by atoms with Crippen molar-refractivity contribution < 1.29 is 14.3 Å². The van der Waals surface area contributed by atoms with Crippen molar-refractivity contribution in [1.29, 1.82) is 0 Å². The number of carboxylic acid groups (broad SMARTS) is 1. The summed E-state index contributed by atoms with van der Waals surface area (Å²) >= 11 is 0. The maximum absolute atomic E-state index is 14.3. The van der Waals surface area contributed by atoms with Crippen LogP contribution in [-0.4, -0.2) is 23.7 Å². The molecule has 1 aliphatic rings. The van der Waals surface area contributed by atoms with Crippen molar-refractivity contribution >= 4 is 17.7 Å². The van der Waals surface area contributed by atoms with E-state index in [0.717, 1.165) is 31.9 Å². The predicted octanol–water partition coefficient (Wildman–Crippen LogP) is 3.94. The van der Waals surface area contributed by atoms with E-state index in [-0.39, 0.29) is 5.82 Å². The van der Waals surface area contributed by atoms with Gasteiger partial charge >= 0.3 is 5.97 Å². The van der Waals surface area contributed by atoms with Crippen LogP contribution in [0.4, 0.5) is 10.1 Å². The molecule has 1 aromatic carbocycles. The second-order valence-corrected chi connectivity index (χ2v) is 5.96. The zero-order chi connectivity index (χ0) is 15.4. The monoisotopic (exact) mass is 291 g/mol. The van der Waals surface area contributed by atoms with Crippen molar-refractivity contribution in [1.82, 2.24) is 0 Å². The Morgan fingerprint density at radius 3 is 2.76 bits per heavy atom. The van der Waals surface area contributed by atoms with Gasteiger partial charge in [-0.1, -0.05) is 26.0 Å². The Morgan fingerprint density at radius 2 is 2.19 bits per heavy atom. The average molecular weight is 291 g/mol. The molecule has 1 N–H and O–H groups in total. The van der Waals surface area contributed by atoms with Gasteiger partial charge in [0.2, 0.25) is 0 Å². The molecule has 1 aliphatic carbocycles. The SMILES string of the molecule is CC(C)CCN(c1c(F)cccc1/C=C/C(=O)O)C1CC1. The van der Waals surface area contributed by atoms with Crippen LogP contribution in [0.3, 0.4) is 0 Å². The molecule has 0 bridgehead atoms. The minimum Gasteiger partial charge on any atom is -0.478 e. The summed E-state index contributed by atoms with van der Waals surface area (Å²) in [6.45, 7) is 5.10. The van der Waals surface area contributed by atoms with Crippen molar-refractivity contribution in [2.75, 3.05) is 11.4 Å². The summed E-state index contributed by atoms with van der Waals surface area (Å²) in [5, 5.41) is 8.78. The van der Waals surface area contributed by atoms with Crippen LogP contribution in [0.2, 0.25) is 0 Å². The predicted molar refractivity (Wildman–Crippen MR) is 82.9 cm³/mol. The van der Waals surface area contributed by atoms with Crippen LogP contribution in [-0.2, 0) is 4.79 Å². The highest BCUT2D eigenvalue weighted by Gasteiger charge is 2.31. The number of nitrogens with zero attached hydrogens (tertiary/aromatic N) is 1. The Hall–Kier alpha value is -1.84. The van der Waals surface area contributed by atoms with E-state index in [2.05, 4.69) is 18.7 Å². The summed E-state index contributed by atoms with van der Waals surface area (Å²) < 4.78 is 14.3. The lowest BCUT2D eigenvalue weighted by atomic mass is 10.1. The average Bonchev–Trinajstić information content (AvgIpc) is 3.23. The Bertz CT molecular complexity index is 536. The van der Waals surface area contributed by atoms with Gasteiger partial charge in [0.25, 0.3) is 0 Å². The summed E-state index contributed by atoms with van der Waals surface area (Å²) in [4.78, 5) is 12.8. The molecule has 3 nitrogen and oxygen atoms in total. The van der Waals surface area contributed by atoms with Gasteiger partial charge in [0.1, 0.15) is 5.82 Å². The number of hydrogen-bond donors (Lipinski definition) is 1. The Labute approximate surface area is 125 Å². The van der Waals surface area contributed by atoms with E-state index >= 15 is 0 Å². The third kappa shape index (κ3) is 4.31. The molecule has 0 saturated heterocycles. The van der Waals surface area contributed by atoms with Gasteiger partial charge in [-0.25, -0.2) is 9.18 Å². The lowest BCUT2D eigenvalue weighted by molar-refractivity contribution is -0.131. The standard InChI is InChI=1S/C17H22FNO2/c1-12(2)10-11-19(14-7-8-14)17-13(6-9-16(20)21)4-3-5-15(17)18/h3-6,9,12,14H,7-8,10-11H2,1-2H3,(H,20,21)/b9-6+. The summed E-state index contributed by atoms with van der Waals surface area (Å²) in [6, 6.07) is 5.21. The van der Waals surface area contributed by atoms with Crippen LogP contribution in [0, 0.1) is 11.7 Å². The van der Waals surface area contributed by atoms with Crippen LogP contribution >= 0.6 is 0 Å². The van der Waals surface area contributed by atoms with Crippen LogP contribution in [0.5, 0.6) is 0 Å². The third-order valence-corrected chi connectivity index (χ3v) is 3.65. The molecule has 1 saturated carbocycles. The van der Waals surface area contributed by atoms with Gasteiger partial charge in [-0.2, -0.15) is 0 Å². The lowest BCUT2D eigenvalue weighted by Gasteiger charge is -2.27. The molecule has 0 aliphatic heterocycles. The molecule has 0 aromatic heterocycles. The first-order valence-electron chi connectivity index (χ1n) is 7.45. The number of benzene rings is 1. The quantitative estimate of drug-likeness (QED) is 0.774. The molecule has 0 heterocycles. The highest BCUT2D eigenvalue weighted by Crippen LogP contribution is 2.36. The van der Waals surface area contributed by atoms with Crippen LogP contribution < -0.4 is 4.90 Å². The van der Waals surface area contributed by atoms with E-state index in [9.17, 15) is 9.18 Å². The fourth-order valence-electron chi connectivity index (χ4n) is 2.39. The van der Waals surface area contributed by atoms with Gasteiger partial charge in [0.05, 0.1) is 5.69 Å². The molecule has 0 radical (unpaired) electrons. The summed E-state index contributed by atoms with van der Waals surface area (Å²) in [6.07, 6.45) is 5.69. The van der Waals surface area contributed by atoms with Gasteiger partial charge in [0.15, 0.2) is 0 Å². The van der Waals surface area contributed by atoms with Gasteiger partial charge in [-0.15, -0.1) is 0 Å². The van der Waals surface area contributed by atoms with Crippen molar-refractivity contribution in [2.45, 2.75) is 39.2 Å². The molecule has 0 spiro atoms. The first-order valence-corrected chi connectivity index (χ1v) is 7.45. The molecule has 1 aromatic rings. The number of hydrogen-bond acceptors (Lipinski definition) is 2. The number of carboxylic acids is 1. The van der Waals surface area contributed by atoms with E-state index in [0.29, 0.717) is 23.2 Å². The smallest absolute Gasteiger partial charge is 0.328 e. The molecule has 0 atom stereocenters. The van der Waals surface area contributed by atoms with Gasteiger partial charge < -0.3 is 10.0 Å². The number of para-hydroxylation sites is 1. The second-order valence-electron chi connectivity index (χ2n) is 5.96. The first kappa shape index (κ1) is 15.5. The zero-order valence-corrected chi connectivity index (χ0v) is 12.6. The number of aliphatic carboxylic acids is 1. The zero-order valence-electron chi connectivity index (χ0n) is 12.6. The van der Waals surface area contributed by atoms with Crippen LogP contribution in [0.1, 0.15) is 38.7 Å². The van der Waals surface area contributed by atoms with E-state index in [1.807, 2.05) is 0 Å². The lowest BCUT2D eigenvalue weighted by Crippen LogP contribution is -2.29. The minimum absolute atomic E-state index is 0.279. The normalized spacial score (nSPS) is 14.9. The van der Waals surface area contributed by atoms with Crippen molar-refractivity contribution in [3.63, 3.8) is 0 Å². The van der Waals surface area contributed by atoms with Crippen molar-refractivity contribution in [3.8, 4) is 0 Å². The third-order valence-electron chi connectivity index (χ3n) is 3.65. The largest absolute Gasteiger partial charge is 0.478 e. The number of rotatable bonds is 7. The molecule has 2 rings (SSSR count). The Morgan fingerprint density at radius 1 is 1.48 bits per heavy atom. The molecule has 0 amide bonds. The van der Waals surface area contributed by atoms with Crippen molar-refractivity contribution in [2.24, 2.45) is 5.92 Å². The molecule has 4 heteroatoms. The maximum atomic E-state index is 14.3. The van der Waals surface area contributed by atoms with E-state index in [4.69, 9.17) is 5.11 Å². The Balaban J connectivity index is 2.31. The van der Waals surface area contributed by atoms with Crippen molar-refractivity contribution in [3.05, 3.63) is 35.7 Å². The van der Waals surface area contributed by atoms with E-state index in [1.54, 1.807) is 12.1 Å². The second kappa shape index (κ2) is 6.74. The number of halogens is 1. The molecule has 1 fully saturated rings. The topological polar surface area (TPSA) is 40.5 Å². The molecule has 0 unspecified atom stereocenters. The summed E-state index contributed by atoms with van der Waals surface area (Å²) in [5.41, 5.74) is 1.17. The van der Waals surface area contributed by atoms with Gasteiger partial charge in [-0.3, -0.25) is 0 Å². The highest BCUT2D eigenvalue weighted by atomic mass is 19.1. The maximum Gasteiger partial charge on any atom is 0.328 e. The fourth-order valence-corrected chi connectivity index (χ4v) is 2.39. The molecular weight excluding hydrogens is 269 g/mol. The van der Waals surface area contributed by atoms with E-state index < -0.39 is 5.97 Å². The fraction of sp³-hybridized carbons (Fsp3) is 0.471.